The first-order valence-electron chi connectivity index (χ1n) is 8.45. The van der Waals surface area contributed by atoms with E-state index in [4.69, 9.17) is 4.74 Å². The fourth-order valence-electron chi connectivity index (χ4n) is 2.89. The first-order valence-corrected chi connectivity index (χ1v) is 9.33. The summed E-state index contributed by atoms with van der Waals surface area (Å²) in [5.74, 6) is 1.00. The van der Waals surface area contributed by atoms with E-state index in [1.54, 1.807) is 0 Å². The van der Waals surface area contributed by atoms with Crippen LogP contribution in [0.5, 0.6) is 5.75 Å². The van der Waals surface area contributed by atoms with Gasteiger partial charge in [0.05, 0.1) is 18.7 Å². The molecule has 4 heteroatoms. The molecule has 1 aliphatic heterocycles. The minimum absolute atomic E-state index is 0.154. The summed E-state index contributed by atoms with van der Waals surface area (Å²) in [6.45, 7) is 5.62. The van der Waals surface area contributed by atoms with E-state index in [0.717, 1.165) is 30.0 Å². The Morgan fingerprint density at radius 3 is 2.71 bits per heavy atom. The fourth-order valence-corrected chi connectivity index (χ4v) is 4.00. The van der Waals surface area contributed by atoms with Gasteiger partial charge in [-0.3, -0.25) is 4.79 Å². The van der Waals surface area contributed by atoms with E-state index in [9.17, 15) is 4.79 Å². The summed E-state index contributed by atoms with van der Waals surface area (Å²) in [6, 6.07) is 16.0. The average molecular weight is 341 g/mol. The van der Waals surface area contributed by atoms with Gasteiger partial charge >= 0.3 is 0 Å². The van der Waals surface area contributed by atoms with Crippen LogP contribution in [0.4, 0.5) is 5.69 Å². The summed E-state index contributed by atoms with van der Waals surface area (Å²) in [5.41, 5.74) is 2.06. The minimum Gasteiger partial charge on any atom is -0.494 e. The van der Waals surface area contributed by atoms with Gasteiger partial charge in [-0.05, 0) is 43.2 Å². The monoisotopic (exact) mass is 341 g/mol. The number of hydrogen-bond acceptors (Lipinski definition) is 3. The van der Waals surface area contributed by atoms with Gasteiger partial charge in [0.2, 0.25) is 5.91 Å². The zero-order valence-electron chi connectivity index (χ0n) is 14.2. The maximum Gasteiger partial charge on any atom is 0.231 e. The fraction of sp³-hybridized carbons (Fsp3) is 0.350. The van der Waals surface area contributed by atoms with Gasteiger partial charge in [0.1, 0.15) is 5.75 Å². The predicted octanol–water partition coefficient (Wildman–Crippen LogP) is 4.55. The summed E-state index contributed by atoms with van der Waals surface area (Å²) >= 11 is 1.86. The molecule has 1 unspecified atom stereocenters. The van der Waals surface area contributed by atoms with Gasteiger partial charge in [-0.25, -0.2) is 0 Å². The number of para-hydroxylation sites is 1. The Bertz CT molecular complexity index is 699. The van der Waals surface area contributed by atoms with Gasteiger partial charge in [0, 0.05) is 16.7 Å². The van der Waals surface area contributed by atoms with Crippen LogP contribution < -0.4 is 9.64 Å². The zero-order valence-corrected chi connectivity index (χ0v) is 15.0. The van der Waals surface area contributed by atoms with Crippen LogP contribution in [-0.4, -0.2) is 24.3 Å². The number of carbonyl (C=O) groups is 1. The standard InChI is InChI=1S/C20H23NO2S/c1-3-23-17-10-8-16(9-11-17)14-20(22)21-13-12-15(2)24-19-7-5-4-6-18(19)21/h4-11,15H,3,12-14H2,1-2H3. The Morgan fingerprint density at radius 1 is 1.21 bits per heavy atom. The summed E-state index contributed by atoms with van der Waals surface area (Å²) in [6.07, 6.45) is 1.42. The molecular weight excluding hydrogens is 318 g/mol. The number of nitrogens with zero attached hydrogens (tertiary/aromatic N) is 1. The number of fused-ring (bicyclic) bond motifs is 1. The Hall–Kier alpha value is -1.94. The second-order valence-corrected chi connectivity index (χ2v) is 7.46. The minimum atomic E-state index is 0.154. The predicted molar refractivity (Wildman–Crippen MR) is 100 cm³/mol. The lowest BCUT2D eigenvalue weighted by Crippen LogP contribution is -2.33. The van der Waals surface area contributed by atoms with Crippen molar-refractivity contribution in [3.63, 3.8) is 0 Å². The molecule has 3 nitrogen and oxygen atoms in total. The second-order valence-electron chi connectivity index (χ2n) is 5.98. The van der Waals surface area contributed by atoms with E-state index in [2.05, 4.69) is 19.1 Å². The third kappa shape index (κ3) is 3.93. The molecule has 0 fully saturated rings. The molecule has 0 saturated heterocycles. The van der Waals surface area contributed by atoms with E-state index in [0.29, 0.717) is 18.3 Å². The first kappa shape index (κ1) is 16.9. The van der Waals surface area contributed by atoms with Gasteiger partial charge in [0.25, 0.3) is 0 Å². The Labute approximate surface area is 148 Å². The second kappa shape index (κ2) is 7.75. The molecule has 1 aliphatic rings. The number of ether oxygens (including phenoxy) is 1. The molecule has 24 heavy (non-hydrogen) atoms. The lowest BCUT2D eigenvalue weighted by molar-refractivity contribution is -0.118. The Kier molecular flexibility index (Phi) is 5.46. The average Bonchev–Trinajstić information content (AvgIpc) is 2.75. The van der Waals surface area contributed by atoms with E-state index in [1.807, 2.05) is 60.0 Å². The van der Waals surface area contributed by atoms with Crippen LogP contribution in [0.25, 0.3) is 0 Å². The quantitative estimate of drug-likeness (QED) is 0.817. The smallest absolute Gasteiger partial charge is 0.231 e. The highest BCUT2D eigenvalue weighted by Crippen LogP contribution is 2.37. The third-order valence-electron chi connectivity index (χ3n) is 4.13. The molecule has 0 aliphatic carbocycles. The Balaban J connectivity index is 1.77. The molecule has 0 saturated carbocycles. The molecule has 0 N–H and O–H groups in total. The maximum absolute atomic E-state index is 12.9. The summed E-state index contributed by atoms with van der Waals surface area (Å²) in [5, 5.41) is 0.523. The number of thioether (sulfide) groups is 1. The summed E-state index contributed by atoms with van der Waals surface area (Å²) < 4.78 is 5.46. The highest BCUT2D eigenvalue weighted by atomic mass is 32.2. The molecule has 126 valence electrons. The van der Waals surface area contributed by atoms with E-state index in [1.165, 1.54) is 4.90 Å². The van der Waals surface area contributed by atoms with Crippen molar-refractivity contribution in [3.05, 3.63) is 54.1 Å². The third-order valence-corrected chi connectivity index (χ3v) is 5.37. The van der Waals surface area contributed by atoms with Crippen molar-refractivity contribution in [1.82, 2.24) is 0 Å². The maximum atomic E-state index is 12.9. The lowest BCUT2D eigenvalue weighted by Gasteiger charge is -2.22. The van der Waals surface area contributed by atoms with Crippen molar-refractivity contribution in [2.75, 3.05) is 18.1 Å². The molecule has 2 aromatic rings. The molecule has 0 bridgehead atoms. The molecule has 0 radical (unpaired) electrons. The van der Waals surface area contributed by atoms with Gasteiger partial charge in [-0.15, -0.1) is 11.8 Å². The summed E-state index contributed by atoms with van der Waals surface area (Å²) in [7, 11) is 0. The molecule has 2 aromatic carbocycles. The number of rotatable bonds is 4. The summed E-state index contributed by atoms with van der Waals surface area (Å²) in [4.78, 5) is 16.0. The zero-order chi connectivity index (χ0) is 16.9. The number of anilines is 1. The van der Waals surface area contributed by atoms with Crippen LogP contribution in [0.1, 0.15) is 25.8 Å². The molecule has 0 aromatic heterocycles. The lowest BCUT2D eigenvalue weighted by atomic mass is 10.1. The van der Waals surface area contributed by atoms with E-state index < -0.39 is 0 Å². The van der Waals surface area contributed by atoms with Crippen LogP contribution in [0, 0.1) is 0 Å². The van der Waals surface area contributed by atoms with Crippen LogP contribution in [0.2, 0.25) is 0 Å². The van der Waals surface area contributed by atoms with Gasteiger partial charge in [0.15, 0.2) is 0 Å². The van der Waals surface area contributed by atoms with Gasteiger partial charge in [-0.2, -0.15) is 0 Å². The normalized spacial score (nSPS) is 17.1. The van der Waals surface area contributed by atoms with Crippen molar-refractivity contribution in [2.45, 2.75) is 36.8 Å². The largest absolute Gasteiger partial charge is 0.494 e. The number of hydrogen-bond donors (Lipinski definition) is 0. The van der Waals surface area contributed by atoms with Crippen LogP contribution in [0.15, 0.2) is 53.4 Å². The van der Waals surface area contributed by atoms with Crippen molar-refractivity contribution < 1.29 is 9.53 Å². The Morgan fingerprint density at radius 2 is 1.96 bits per heavy atom. The number of amides is 1. The van der Waals surface area contributed by atoms with Crippen LogP contribution in [-0.2, 0) is 11.2 Å². The van der Waals surface area contributed by atoms with Crippen molar-refractivity contribution >= 4 is 23.4 Å². The van der Waals surface area contributed by atoms with E-state index >= 15 is 0 Å². The number of benzene rings is 2. The van der Waals surface area contributed by atoms with Crippen LogP contribution >= 0.6 is 11.8 Å². The molecule has 3 rings (SSSR count). The molecular formula is C20H23NO2S. The van der Waals surface area contributed by atoms with E-state index in [-0.39, 0.29) is 5.91 Å². The molecule has 0 spiro atoms. The van der Waals surface area contributed by atoms with Gasteiger partial charge in [-0.1, -0.05) is 31.2 Å². The van der Waals surface area contributed by atoms with Crippen molar-refractivity contribution in [1.29, 1.82) is 0 Å². The van der Waals surface area contributed by atoms with Crippen LogP contribution in [0.3, 0.4) is 0 Å². The highest BCUT2D eigenvalue weighted by molar-refractivity contribution is 8.00. The highest BCUT2D eigenvalue weighted by Gasteiger charge is 2.23. The first-order chi connectivity index (χ1) is 11.7. The topological polar surface area (TPSA) is 29.5 Å². The number of carbonyl (C=O) groups excluding carboxylic acids is 1. The molecule has 1 atom stereocenters. The SMILES string of the molecule is CCOc1ccc(CC(=O)N2CCC(C)Sc3ccccc32)cc1. The molecule has 1 heterocycles. The van der Waals surface area contributed by atoms with Gasteiger partial charge < -0.3 is 9.64 Å². The van der Waals surface area contributed by atoms with Crippen molar-refractivity contribution in [2.24, 2.45) is 0 Å². The van der Waals surface area contributed by atoms with Crippen molar-refractivity contribution in [3.8, 4) is 5.75 Å². The molecule has 1 amide bonds.